The molecular formula is C60H38N8. The van der Waals surface area contributed by atoms with Gasteiger partial charge in [0.25, 0.3) is 0 Å². The number of hydrogen-bond acceptors (Lipinski definition) is 6. The average molecular weight is 871 g/mol. The summed E-state index contributed by atoms with van der Waals surface area (Å²) in [4.78, 5) is 31.6. The third-order valence-corrected chi connectivity index (χ3v) is 12.7. The van der Waals surface area contributed by atoms with Gasteiger partial charge in [0.05, 0.1) is 27.8 Å². The predicted molar refractivity (Wildman–Crippen MR) is 275 cm³/mol. The van der Waals surface area contributed by atoms with Crippen LogP contribution in [0, 0.1) is 0 Å². The van der Waals surface area contributed by atoms with Crippen LogP contribution in [0.25, 0.3) is 123 Å². The van der Waals surface area contributed by atoms with Crippen molar-refractivity contribution >= 4 is 43.6 Å². The molecule has 13 aromatic rings. The molecule has 0 atom stereocenters. The molecule has 13 rings (SSSR count). The third kappa shape index (κ3) is 6.62. The monoisotopic (exact) mass is 870 g/mol. The minimum Gasteiger partial charge on any atom is -0.309 e. The summed E-state index contributed by atoms with van der Waals surface area (Å²) in [5, 5.41) is 4.54. The number of para-hydroxylation sites is 3. The Morgan fingerprint density at radius 2 is 0.662 bits per heavy atom. The van der Waals surface area contributed by atoms with Gasteiger partial charge in [-0.15, -0.1) is 0 Å². The Hall–Kier alpha value is -9.40. The summed E-state index contributed by atoms with van der Waals surface area (Å²) in [6.07, 6.45) is 0. The standard InChI is InChI=1S/C60H38N8/c1-5-20-39(21-6-1)44-31-19-35-53-54(44)47-30-15-18-34-51(47)68(53)60-65-57(42-26-11-4-12-27-42)64-59(66-60)48-38-43(36-37-52(48)67-49-32-16-13-28-45(49)46-29-14-17-33-50(46)67)58-62-55(40-22-7-2-8-23-40)61-56(63-58)41-24-9-3-10-25-41/h1-38H. The second-order valence-electron chi connectivity index (χ2n) is 16.7. The van der Waals surface area contributed by atoms with Crippen molar-refractivity contribution in [1.82, 2.24) is 39.0 Å². The molecule has 0 spiro atoms. The molecule has 9 aromatic carbocycles. The highest BCUT2D eigenvalue weighted by molar-refractivity contribution is 6.15. The van der Waals surface area contributed by atoms with Crippen molar-refractivity contribution in [2.24, 2.45) is 0 Å². The number of nitrogens with zero attached hydrogens (tertiary/aromatic N) is 8. The van der Waals surface area contributed by atoms with Crippen molar-refractivity contribution in [1.29, 1.82) is 0 Å². The zero-order chi connectivity index (χ0) is 45.0. The molecule has 4 heterocycles. The summed E-state index contributed by atoms with van der Waals surface area (Å²) < 4.78 is 4.50. The van der Waals surface area contributed by atoms with E-state index in [1.807, 2.05) is 91.0 Å². The van der Waals surface area contributed by atoms with Crippen LogP contribution >= 0.6 is 0 Å². The van der Waals surface area contributed by atoms with E-state index in [9.17, 15) is 0 Å². The van der Waals surface area contributed by atoms with Crippen LogP contribution in [0.3, 0.4) is 0 Å². The molecule has 0 fully saturated rings. The number of benzene rings is 9. The van der Waals surface area contributed by atoms with Crippen LogP contribution in [-0.2, 0) is 0 Å². The molecule has 0 bridgehead atoms. The highest BCUT2D eigenvalue weighted by Gasteiger charge is 2.24. The summed E-state index contributed by atoms with van der Waals surface area (Å²) in [5.41, 5.74) is 11.5. The fourth-order valence-corrected chi connectivity index (χ4v) is 9.56. The summed E-state index contributed by atoms with van der Waals surface area (Å²) in [6, 6.07) is 79.3. The number of rotatable bonds is 8. The summed E-state index contributed by atoms with van der Waals surface area (Å²) >= 11 is 0. The van der Waals surface area contributed by atoms with Crippen LogP contribution in [0.2, 0.25) is 0 Å². The van der Waals surface area contributed by atoms with E-state index in [2.05, 4.69) is 149 Å². The maximum absolute atomic E-state index is 5.54. The van der Waals surface area contributed by atoms with Crippen LogP contribution in [0.15, 0.2) is 231 Å². The normalized spacial score (nSPS) is 11.5. The number of fused-ring (bicyclic) bond motifs is 6. The molecule has 0 aliphatic heterocycles. The summed E-state index contributed by atoms with van der Waals surface area (Å²) in [5.74, 6) is 3.24. The van der Waals surface area contributed by atoms with Crippen molar-refractivity contribution < 1.29 is 0 Å². The lowest BCUT2D eigenvalue weighted by Crippen LogP contribution is -2.08. The van der Waals surface area contributed by atoms with Gasteiger partial charge in [-0.25, -0.2) is 19.9 Å². The van der Waals surface area contributed by atoms with Gasteiger partial charge in [0, 0.05) is 49.4 Å². The molecule has 0 amide bonds. The fraction of sp³-hybridized carbons (Fsp3) is 0. The van der Waals surface area contributed by atoms with Gasteiger partial charge in [0.2, 0.25) is 5.95 Å². The van der Waals surface area contributed by atoms with E-state index in [0.717, 1.165) is 88.2 Å². The molecule has 0 unspecified atom stereocenters. The Bertz CT molecular complexity index is 3900. The number of hydrogen-bond donors (Lipinski definition) is 0. The van der Waals surface area contributed by atoms with Crippen molar-refractivity contribution in [2.45, 2.75) is 0 Å². The van der Waals surface area contributed by atoms with E-state index >= 15 is 0 Å². The van der Waals surface area contributed by atoms with Crippen LogP contribution < -0.4 is 0 Å². The van der Waals surface area contributed by atoms with Gasteiger partial charge in [-0.1, -0.05) is 188 Å². The molecule has 0 radical (unpaired) electrons. The summed E-state index contributed by atoms with van der Waals surface area (Å²) in [7, 11) is 0. The maximum Gasteiger partial charge on any atom is 0.238 e. The Morgan fingerprint density at radius 1 is 0.250 bits per heavy atom. The molecule has 0 saturated carbocycles. The molecule has 68 heavy (non-hydrogen) atoms. The lowest BCUT2D eigenvalue weighted by Gasteiger charge is -2.17. The minimum atomic E-state index is 0.498. The van der Waals surface area contributed by atoms with E-state index in [1.54, 1.807) is 0 Å². The van der Waals surface area contributed by atoms with Crippen LogP contribution in [0.5, 0.6) is 0 Å². The smallest absolute Gasteiger partial charge is 0.238 e. The van der Waals surface area contributed by atoms with Gasteiger partial charge < -0.3 is 4.57 Å². The second-order valence-corrected chi connectivity index (χ2v) is 16.7. The predicted octanol–water partition coefficient (Wildman–Crippen LogP) is 14.3. The van der Waals surface area contributed by atoms with Crippen molar-refractivity contribution in [3.8, 4) is 79.7 Å². The zero-order valence-electron chi connectivity index (χ0n) is 36.5. The van der Waals surface area contributed by atoms with Gasteiger partial charge in [-0.05, 0) is 53.6 Å². The molecule has 318 valence electrons. The first-order valence-electron chi connectivity index (χ1n) is 22.6. The molecule has 0 aliphatic rings. The third-order valence-electron chi connectivity index (χ3n) is 12.7. The first kappa shape index (κ1) is 39.0. The van der Waals surface area contributed by atoms with Crippen LogP contribution in [0.1, 0.15) is 0 Å². The molecule has 8 heteroatoms. The minimum absolute atomic E-state index is 0.498. The molecule has 0 aliphatic carbocycles. The Kier molecular flexibility index (Phi) is 9.31. The van der Waals surface area contributed by atoms with Gasteiger partial charge in [0.1, 0.15) is 0 Å². The van der Waals surface area contributed by atoms with Crippen LogP contribution in [-0.4, -0.2) is 39.0 Å². The molecule has 8 nitrogen and oxygen atoms in total. The second kappa shape index (κ2) is 16.2. The number of aromatic nitrogens is 8. The Balaban J connectivity index is 1.12. The molecule has 0 N–H and O–H groups in total. The van der Waals surface area contributed by atoms with Gasteiger partial charge in [-0.2, -0.15) is 9.97 Å². The Labute approximate surface area is 391 Å². The van der Waals surface area contributed by atoms with Crippen LogP contribution in [0.4, 0.5) is 0 Å². The van der Waals surface area contributed by atoms with Crippen molar-refractivity contribution in [3.05, 3.63) is 231 Å². The van der Waals surface area contributed by atoms with E-state index in [0.29, 0.717) is 35.1 Å². The lowest BCUT2D eigenvalue weighted by atomic mass is 9.99. The van der Waals surface area contributed by atoms with Crippen molar-refractivity contribution in [3.63, 3.8) is 0 Å². The quantitative estimate of drug-likeness (QED) is 0.151. The Morgan fingerprint density at radius 3 is 1.22 bits per heavy atom. The lowest BCUT2D eigenvalue weighted by molar-refractivity contribution is 0.951. The molecule has 4 aromatic heterocycles. The maximum atomic E-state index is 5.54. The SMILES string of the molecule is c1ccc(-c2nc(-c3ccccc3)nc(-c3ccc(-n4c5ccccc5c5ccccc54)c(-c4nc(-c5ccccc5)nc(-n5c6ccccc6c6c(-c7ccccc7)cccc65)n4)c3)n2)cc1. The molecule has 0 saturated heterocycles. The fourth-order valence-electron chi connectivity index (χ4n) is 9.56. The highest BCUT2D eigenvalue weighted by Crippen LogP contribution is 2.41. The topological polar surface area (TPSA) is 87.2 Å². The van der Waals surface area contributed by atoms with E-state index < -0.39 is 0 Å². The van der Waals surface area contributed by atoms with Gasteiger partial charge in [-0.3, -0.25) is 4.57 Å². The summed E-state index contributed by atoms with van der Waals surface area (Å²) in [6.45, 7) is 0. The first-order valence-corrected chi connectivity index (χ1v) is 22.6. The van der Waals surface area contributed by atoms with Crippen molar-refractivity contribution in [2.75, 3.05) is 0 Å². The molecular weight excluding hydrogens is 833 g/mol. The van der Waals surface area contributed by atoms with Gasteiger partial charge in [0.15, 0.2) is 29.1 Å². The van der Waals surface area contributed by atoms with E-state index in [4.69, 9.17) is 29.9 Å². The van der Waals surface area contributed by atoms with Gasteiger partial charge >= 0.3 is 0 Å². The first-order chi connectivity index (χ1) is 33.7. The average Bonchev–Trinajstić information content (AvgIpc) is 3.95. The highest BCUT2D eigenvalue weighted by atomic mass is 15.2. The van der Waals surface area contributed by atoms with E-state index in [1.165, 1.54) is 0 Å². The zero-order valence-corrected chi connectivity index (χ0v) is 36.5. The van der Waals surface area contributed by atoms with E-state index in [-0.39, 0.29) is 0 Å². The largest absolute Gasteiger partial charge is 0.309 e.